The number of nitrogens with zero attached hydrogens (tertiary/aromatic N) is 1. The van der Waals surface area contributed by atoms with Crippen LogP contribution in [-0.4, -0.2) is 12.3 Å². The van der Waals surface area contributed by atoms with Crippen LogP contribution < -0.4 is 0 Å². The first-order valence-electron chi connectivity index (χ1n) is 3.19. The first kappa shape index (κ1) is 4.30. The van der Waals surface area contributed by atoms with Crippen molar-refractivity contribution >= 4 is 5.71 Å². The molecule has 8 heavy (non-hydrogen) atoms. The van der Waals surface area contributed by atoms with E-state index in [1.165, 1.54) is 30.5 Å². The van der Waals surface area contributed by atoms with Crippen molar-refractivity contribution in [3.8, 4) is 0 Å². The van der Waals surface area contributed by atoms with Crippen molar-refractivity contribution < 1.29 is 0 Å². The van der Waals surface area contributed by atoms with Gasteiger partial charge in [0.1, 0.15) is 0 Å². The van der Waals surface area contributed by atoms with Gasteiger partial charge < -0.3 is 0 Å². The largest absolute Gasteiger partial charge is 0.285 e. The normalized spacial score (nSPS) is 25.0. The molecule has 2 aliphatic rings. The van der Waals surface area contributed by atoms with Crippen LogP contribution in [0.25, 0.3) is 0 Å². The van der Waals surface area contributed by atoms with E-state index in [0.29, 0.717) is 0 Å². The van der Waals surface area contributed by atoms with Crippen LogP contribution in [-0.2, 0) is 0 Å². The molecule has 1 heteroatoms. The lowest BCUT2D eigenvalue weighted by molar-refractivity contribution is 0.937. The Morgan fingerprint density at radius 1 is 1.38 bits per heavy atom. The van der Waals surface area contributed by atoms with Gasteiger partial charge >= 0.3 is 0 Å². The zero-order valence-electron chi connectivity index (χ0n) is 4.85. The summed E-state index contributed by atoms with van der Waals surface area (Å²) in [5.41, 5.74) is 2.93. The molecule has 0 aromatic carbocycles. The van der Waals surface area contributed by atoms with E-state index < -0.39 is 0 Å². The maximum atomic E-state index is 4.32. The average molecular weight is 107 g/mol. The van der Waals surface area contributed by atoms with Crippen LogP contribution in [0.2, 0.25) is 0 Å². The lowest BCUT2D eigenvalue weighted by Gasteiger charge is -1.84. The summed E-state index contributed by atoms with van der Waals surface area (Å²) in [7, 11) is 0. The highest BCUT2D eigenvalue weighted by molar-refractivity contribution is 6.03. The fourth-order valence-corrected chi connectivity index (χ4v) is 1.42. The summed E-state index contributed by atoms with van der Waals surface area (Å²) in [6.45, 7) is 0.963. The Hall–Kier alpha value is -0.590. The Balaban J connectivity index is 2.37. The van der Waals surface area contributed by atoms with Crippen LogP contribution in [0.1, 0.15) is 19.3 Å². The smallest absolute Gasteiger partial charge is 0.0580 e. The van der Waals surface area contributed by atoms with Crippen molar-refractivity contribution in [2.45, 2.75) is 19.3 Å². The van der Waals surface area contributed by atoms with Gasteiger partial charge in [-0.3, -0.25) is 4.99 Å². The second-order valence-electron chi connectivity index (χ2n) is 2.37. The minimum absolute atomic E-state index is 0.963. The summed E-state index contributed by atoms with van der Waals surface area (Å²) in [5, 5.41) is 0. The molecular weight excluding hydrogens is 98.1 g/mol. The van der Waals surface area contributed by atoms with Gasteiger partial charge in [0.2, 0.25) is 0 Å². The summed E-state index contributed by atoms with van der Waals surface area (Å²) >= 11 is 0. The van der Waals surface area contributed by atoms with Crippen molar-refractivity contribution in [1.29, 1.82) is 0 Å². The maximum absolute atomic E-state index is 4.32. The summed E-state index contributed by atoms with van der Waals surface area (Å²) < 4.78 is 0. The molecule has 0 atom stereocenters. The van der Waals surface area contributed by atoms with Crippen LogP contribution in [0.3, 0.4) is 0 Å². The average Bonchev–Trinajstić information content (AvgIpc) is 2.15. The van der Waals surface area contributed by atoms with Crippen molar-refractivity contribution in [3.63, 3.8) is 0 Å². The highest BCUT2D eigenvalue weighted by Crippen LogP contribution is 2.24. The summed E-state index contributed by atoms with van der Waals surface area (Å²) in [6, 6.07) is 0. The molecule has 0 spiro atoms. The third kappa shape index (κ3) is 0.443. The van der Waals surface area contributed by atoms with Gasteiger partial charge in [-0.1, -0.05) is 6.08 Å². The predicted molar refractivity (Wildman–Crippen MR) is 34.2 cm³/mol. The van der Waals surface area contributed by atoms with E-state index in [4.69, 9.17) is 0 Å². The molecule has 42 valence electrons. The highest BCUT2D eigenvalue weighted by atomic mass is 14.8. The second-order valence-corrected chi connectivity index (χ2v) is 2.37. The molecule has 0 unspecified atom stereocenters. The molecule has 1 fully saturated rings. The molecule has 1 aliphatic heterocycles. The van der Waals surface area contributed by atoms with Crippen molar-refractivity contribution in [1.82, 2.24) is 0 Å². The van der Waals surface area contributed by atoms with E-state index in [9.17, 15) is 0 Å². The fourth-order valence-electron chi connectivity index (χ4n) is 1.42. The zero-order chi connectivity index (χ0) is 5.40. The molecule has 0 aromatic rings. The Labute approximate surface area is 49.1 Å². The quantitative estimate of drug-likeness (QED) is 0.445. The SMILES string of the molecule is C1=C2CCCC2=NC1. The molecule has 0 radical (unpaired) electrons. The molecule has 0 amide bonds. The van der Waals surface area contributed by atoms with Crippen molar-refractivity contribution in [3.05, 3.63) is 11.6 Å². The third-order valence-electron chi connectivity index (χ3n) is 1.85. The Morgan fingerprint density at radius 2 is 2.38 bits per heavy atom. The standard InChI is InChI=1S/C7H9N/c1-2-6-4-5-8-7(6)3-1/h4H,1-3,5H2. The molecule has 0 N–H and O–H groups in total. The summed E-state index contributed by atoms with van der Waals surface area (Å²) in [6.07, 6.45) is 6.12. The molecular formula is C7H9N. The van der Waals surface area contributed by atoms with Crippen molar-refractivity contribution in [2.75, 3.05) is 6.54 Å². The number of fused-ring (bicyclic) bond motifs is 1. The Bertz CT molecular complexity index is 147. The molecule has 2 rings (SSSR count). The van der Waals surface area contributed by atoms with E-state index in [1.807, 2.05) is 0 Å². The molecule has 1 saturated carbocycles. The molecule has 1 nitrogen and oxygen atoms in total. The minimum Gasteiger partial charge on any atom is -0.285 e. The summed E-state index contributed by atoms with van der Waals surface area (Å²) in [5.74, 6) is 0. The van der Waals surface area contributed by atoms with Crippen LogP contribution in [0, 0.1) is 0 Å². The van der Waals surface area contributed by atoms with Crippen molar-refractivity contribution in [2.24, 2.45) is 4.99 Å². The molecule has 0 aromatic heterocycles. The van der Waals surface area contributed by atoms with E-state index in [-0.39, 0.29) is 0 Å². The molecule has 1 heterocycles. The zero-order valence-corrected chi connectivity index (χ0v) is 4.85. The van der Waals surface area contributed by atoms with Gasteiger partial charge in [-0.05, 0) is 24.8 Å². The number of rotatable bonds is 0. The number of aliphatic imine (C=N–C) groups is 1. The number of hydrogen-bond donors (Lipinski definition) is 0. The molecule has 0 saturated heterocycles. The van der Waals surface area contributed by atoms with Crippen LogP contribution >= 0.6 is 0 Å². The Kier molecular flexibility index (Phi) is 0.775. The number of hydrogen-bond acceptors (Lipinski definition) is 1. The van der Waals surface area contributed by atoms with E-state index in [2.05, 4.69) is 11.1 Å². The maximum Gasteiger partial charge on any atom is 0.0580 e. The van der Waals surface area contributed by atoms with E-state index in [1.54, 1.807) is 0 Å². The van der Waals surface area contributed by atoms with Crippen LogP contribution in [0.15, 0.2) is 16.6 Å². The fraction of sp³-hybridized carbons (Fsp3) is 0.571. The highest BCUT2D eigenvalue weighted by Gasteiger charge is 2.16. The summed E-state index contributed by atoms with van der Waals surface area (Å²) in [4.78, 5) is 4.32. The van der Waals surface area contributed by atoms with Gasteiger partial charge in [-0.15, -0.1) is 0 Å². The first-order valence-corrected chi connectivity index (χ1v) is 3.19. The lowest BCUT2D eigenvalue weighted by atomic mass is 10.2. The predicted octanol–water partition coefficient (Wildman–Crippen LogP) is 1.55. The van der Waals surface area contributed by atoms with Gasteiger partial charge in [0.15, 0.2) is 0 Å². The van der Waals surface area contributed by atoms with Gasteiger partial charge in [-0.25, -0.2) is 0 Å². The molecule has 1 aliphatic carbocycles. The van der Waals surface area contributed by atoms with E-state index >= 15 is 0 Å². The third-order valence-corrected chi connectivity index (χ3v) is 1.85. The van der Waals surface area contributed by atoms with E-state index in [0.717, 1.165) is 6.54 Å². The van der Waals surface area contributed by atoms with Gasteiger partial charge in [0.25, 0.3) is 0 Å². The van der Waals surface area contributed by atoms with Gasteiger partial charge in [0, 0.05) is 5.71 Å². The first-order chi connectivity index (χ1) is 3.97. The van der Waals surface area contributed by atoms with Crippen LogP contribution in [0.5, 0.6) is 0 Å². The van der Waals surface area contributed by atoms with Crippen LogP contribution in [0.4, 0.5) is 0 Å². The van der Waals surface area contributed by atoms with Gasteiger partial charge in [-0.2, -0.15) is 0 Å². The lowest BCUT2D eigenvalue weighted by Crippen LogP contribution is -1.85. The Morgan fingerprint density at radius 3 is 3.25 bits per heavy atom. The topological polar surface area (TPSA) is 12.4 Å². The monoisotopic (exact) mass is 107 g/mol. The molecule has 0 bridgehead atoms. The minimum atomic E-state index is 0.963. The van der Waals surface area contributed by atoms with Gasteiger partial charge in [0.05, 0.1) is 6.54 Å². The second kappa shape index (κ2) is 1.44. The number of allylic oxidation sites excluding steroid dienone is 1.